The Morgan fingerprint density at radius 3 is 2.52 bits per heavy atom. The molecule has 0 aromatic carbocycles. The Bertz CT molecular complexity index is 601. The molecular weight excluding hydrogens is 282 g/mol. The van der Waals surface area contributed by atoms with Crippen LogP contribution in [0.3, 0.4) is 0 Å². The highest BCUT2D eigenvalue weighted by molar-refractivity contribution is 7.07. The molecule has 5 nitrogen and oxygen atoms in total. The van der Waals surface area contributed by atoms with Gasteiger partial charge in [-0.1, -0.05) is 20.8 Å². The molecule has 2 heterocycles. The Balaban J connectivity index is 2.41. The molecule has 0 unspecified atom stereocenters. The lowest BCUT2D eigenvalue weighted by Crippen LogP contribution is -2.24. The summed E-state index contributed by atoms with van der Waals surface area (Å²) in [5.74, 6) is 2.68. The van der Waals surface area contributed by atoms with Gasteiger partial charge in [0.1, 0.15) is 17.5 Å². The van der Waals surface area contributed by atoms with Crippen LogP contribution in [-0.4, -0.2) is 29.0 Å². The molecule has 0 saturated carbocycles. The molecule has 1 N–H and O–H groups in total. The van der Waals surface area contributed by atoms with E-state index in [9.17, 15) is 0 Å². The van der Waals surface area contributed by atoms with Crippen LogP contribution < -0.4 is 10.2 Å². The number of anilines is 2. The summed E-state index contributed by atoms with van der Waals surface area (Å²) in [5.41, 5.74) is 3.89. The van der Waals surface area contributed by atoms with Gasteiger partial charge in [-0.2, -0.15) is 0 Å². The average molecular weight is 305 g/mol. The summed E-state index contributed by atoms with van der Waals surface area (Å²) in [6, 6.07) is 0. The fourth-order valence-electron chi connectivity index (χ4n) is 2.09. The average Bonchev–Trinajstić information content (AvgIpc) is 2.90. The zero-order valence-corrected chi connectivity index (χ0v) is 14.4. The number of rotatable bonds is 4. The minimum atomic E-state index is -0.0878. The van der Waals surface area contributed by atoms with E-state index in [0.717, 1.165) is 35.3 Å². The highest BCUT2D eigenvalue weighted by Gasteiger charge is 2.22. The maximum Gasteiger partial charge on any atom is 0.138 e. The lowest BCUT2D eigenvalue weighted by molar-refractivity contribution is 0.544. The minimum Gasteiger partial charge on any atom is -0.373 e. The Morgan fingerprint density at radius 1 is 1.29 bits per heavy atom. The number of aromatic nitrogens is 3. The Labute approximate surface area is 130 Å². The molecule has 0 aliphatic heterocycles. The second-order valence-electron chi connectivity index (χ2n) is 6.18. The van der Waals surface area contributed by atoms with Gasteiger partial charge in [-0.15, -0.1) is 11.3 Å². The standard InChI is InChI=1S/C15H23N5S/c1-10-12(16-5)18-14(15(2,3)4)19-13(10)20(6)7-11-8-21-9-17-11/h8-9H,7H2,1-6H3,(H,16,18,19). The fraction of sp³-hybridized carbons (Fsp3) is 0.533. The second-order valence-corrected chi connectivity index (χ2v) is 6.90. The van der Waals surface area contributed by atoms with Crippen LogP contribution in [0.15, 0.2) is 10.9 Å². The molecule has 0 saturated heterocycles. The van der Waals surface area contributed by atoms with Gasteiger partial charge in [0.05, 0.1) is 17.7 Å². The molecule has 0 amide bonds. The van der Waals surface area contributed by atoms with Gasteiger partial charge in [0.25, 0.3) is 0 Å². The Hall–Kier alpha value is -1.69. The number of thiazole rings is 1. The van der Waals surface area contributed by atoms with Crippen molar-refractivity contribution in [2.45, 2.75) is 39.7 Å². The van der Waals surface area contributed by atoms with Crippen molar-refractivity contribution in [3.8, 4) is 0 Å². The first kappa shape index (κ1) is 15.7. The normalized spacial score (nSPS) is 11.5. The van der Waals surface area contributed by atoms with E-state index in [1.165, 1.54) is 0 Å². The van der Waals surface area contributed by atoms with Crippen molar-refractivity contribution in [3.05, 3.63) is 28.0 Å². The molecule has 0 spiro atoms. The van der Waals surface area contributed by atoms with E-state index in [1.54, 1.807) is 11.3 Å². The van der Waals surface area contributed by atoms with Crippen molar-refractivity contribution < 1.29 is 0 Å². The summed E-state index contributed by atoms with van der Waals surface area (Å²) in [4.78, 5) is 15.9. The molecule has 21 heavy (non-hydrogen) atoms. The lowest BCUT2D eigenvalue weighted by atomic mass is 9.95. The van der Waals surface area contributed by atoms with Gasteiger partial charge < -0.3 is 10.2 Å². The molecule has 2 rings (SSSR count). The number of hydrogen-bond donors (Lipinski definition) is 1. The molecule has 2 aromatic rings. The predicted octanol–water partition coefficient (Wildman–Crippen LogP) is 3.22. The molecule has 0 radical (unpaired) electrons. The largest absolute Gasteiger partial charge is 0.373 e. The Morgan fingerprint density at radius 2 is 2.00 bits per heavy atom. The summed E-state index contributed by atoms with van der Waals surface area (Å²) in [7, 11) is 3.94. The van der Waals surface area contributed by atoms with E-state index in [4.69, 9.17) is 4.98 Å². The van der Waals surface area contributed by atoms with Crippen molar-refractivity contribution in [3.63, 3.8) is 0 Å². The minimum absolute atomic E-state index is 0.0878. The summed E-state index contributed by atoms with van der Waals surface area (Å²) < 4.78 is 0. The van der Waals surface area contributed by atoms with Gasteiger partial charge in [-0.05, 0) is 6.92 Å². The summed E-state index contributed by atoms with van der Waals surface area (Å²) in [6.45, 7) is 9.17. The Kier molecular flexibility index (Phi) is 4.46. The monoisotopic (exact) mass is 305 g/mol. The first-order chi connectivity index (χ1) is 9.82. The van der Waals surface area contributed by atoms with Crippen molar-refractivity contribution in [2.75, 3.05) is 24.3 Å². The van der Waals surface area contributed by atoms with Crippen LogP contribution in [0.1, 0.15) is 37.9 Å². The number of hydrogen-bond acceptors (Lipinski definition) is 6. The van der Waals surface area contributed by atoms with Crippen LogP contribution in [0.4, 0.5) is 11.6 Å². The quantitative estimate of drug-likeness (QED) is 0.940. The van der Waals surface area contributed by atoms with E-state index in [1.807, 2.05) is 26.5 Å². The number of nitrogens with zero attached hydrogens (tertiary/aromatic N) is 4. The first-order valence-electron chi connectivity index (χ1n) is 6.98. The van der Waals surface area contributed by atoms with Gasteiger partial charge in [-0.25, -0.2) is 15.0 Å². The van der Waals surface area contributed by atoms with E-state index in [0.29, 0.717) is 0 Å². The maximum absolute atomic E-state index is 4.78. The third-order valence-corrected chi connectivity index (χ3v) is 3.91. The van der Waals surface area contributed by atoms with Crippen molar-refractivity contribution >= 4 is 23.0 Å². The molecule has 2 aromatic heterocycles. The maximum atomic E-state index is 4.78. The van der Waals surface area contributed by atoms with Crippen LogP contribution in [0.25, 0.3) is 0 Å². The molecule has 0 aliphatic rings. The summed E-state index contributed by atoms with van der Waals surface area (Å²) in [6.07, 6.45) is 0. The smallest absolute Gasteiger partial charge is 0.138 e. The zero-order valence-electron chi connectivity index (χ0n) is 13.6. The van der Waals surface area contributed by atoms with Crippen LogP contribution >= 0.6 is 11.3 Å². The van der Waals surface area contributed by atoms with Gasteiger partial charge in [0, 0.05) is 30.5 Å². The molecule has 114 valence electrons. The summed E-state index contributed by atoms with van der Waals surface area (Å²) in [5, 5.41) is 5.24. The van der Waals surface area contributed by atoms with Crippen LogP contribution in [-0.2, 0) is 12.0 Å². The third kappa shape index (κ3) is 3.50. The fourth-order valence-corrected chi connectivity index (χ4v) is 2.64. The van der Waals surface area contributed by atoms with Gasteiger partial charge in [0.15, 0.2) is 0 Å². The highest BCUT2D eigenvalue weighted by atomic mass is 32.1. The molecule has 0 bridgehead atoms. The van der Waals surface area contributed by atoms with Crippen LogP contribution in [0, 0.1) is 6.92 Å². The third-order valence-electron chi connectivity index (χ3n) is 3.27. The van der Waals surface area contributed by atoms with Gasteiger partial charge in [-0.3, -0.25) is 0 Å². The van der Waals surface area contributed by atoms with Crippen molar-refractivity contribution in [1.29, 1.82) is 0 Å². The summed E-state index contributed by atoms with van der Waals surface area (Å²) >= 11 is 1.61. The van der Waals surface area contributed by atoms with E-state index >= 15 is 0 Å². The lowest BCUT2D eigenvalue weighted by Gasteiger charge is -2.25. The van der Waals surface area contributed by atoms with E-state index < -0.39 is 0 Å². The molecule has 0 fully saturated rings. The van der Waals surface area contributed by atoms with Crippen molar-refractivity contribution in [1.82, 2.24) is 15.0 Å². The first-order valence-corrected chi connectivity index (χ1v) is 7.92. The topological polar surface area (TPSA) is 53.9 Å². The highest BCUT2D eigenvalue weighted by Crippen LogP contribution is 2.28. The molecule has 0 aliphatic carbocycles. The van der Waals surface area contributed by atoms with E-state index in [-0.39, 0.29) is 5.41 Å². The SMILES string of the molecule is CNc1nc(C(C)(C)C)nc(N(C)Cc2cscn2)c1C. The number of nitrogens with one attached hydrogen (secondary N) is 1. The van der Waals surface area contributed by atoms with Crippen LogP contribution in [0.2, 0.25) is 0 Å². The molecular formula is C15H23N5S. The second kappa shape index (κ2) is 5.97. The molecule has 6 heteroatoms. The van der Waals surface area contributed by atoms with Gasteiger partial charge in [0.2, 0.25) is 0 Å². The van der Waals surface area contributed by atoms with Crippen molar-refractivity contribution in [2.24, 2.45) is 0 Å². The van der Waals surface area contributed by atoms with Gasteiger partial charge >= 0.3 is 0 Å². The molecule has 0 atom stereocenters. The van der Waals surface area contributed by atoms with Crippen LogP contribution in [0.5, 0.6) is 0 Å². The van der Waals surface area contributed by atoms with E-state index in [2.05, 4.69) is 46.3 Å². The zero-order chi connectivity index (χ0) is 15.6. The predicted molar refractivity (Wildman–Crippen MR) is 89.2 cm³/mol.